The summed E-state index contributed by atoms with van der Waals surface area (Å²) < 4.78 is 0. The maximum Gasteiger partial charge on any atom is 0.247 e. The fraction of sp³-hybridized carbons (Fsp3) is 0.391. The number of nitrogens with one attached hydrogen (secondary N) is 2. The fourth-order valence-corrected chi connectivity index (χ4v) is 3.78. The molecule has 0 radical (unpaired) electrons. The molecule has 29 heavy (non-hydrogen) atoms. The van der Waals surface area contributed by atoms with Gasteiger partial charge in [-0.25, -0.2) is 0 Å². The van der Waals surface area contributed by atoms with Crippen LogP contribution >= 0.6 is 12.4 Å². The number of halogens is 1. The van der Waals surface area contributed by atoms with Gasteiger partial charge in [0.1, 0.15) is 6.04 Å². The van der Waals surface area contributed by atoms with Gasteiger partial charge in [0.25, 0.3) is 0 Å². The normalized spacial score (nSPS) is 16.3. The van der Waals surface area contributed by atoms with E-state index in [2.05, 4.69) is 10.6 Å². The Morgan fingerprint density at radius 2 is 1.86 bits per heavy atom. The maximum atomic E-state index is 13.2. The van der Waals surface area contributed by atoms with Gasteiger partial charge in [-0.1, -0.05) is 50.2 Å². The van der Waals surface area contributed by atoms with Crippen LogP contribution in [0.25, 0.3) is 0 Å². The zero-order chi connectivity index (χ0) is 20.1. The molecule has 0 aromatic heterocycles. The van der Waals surface area contributed by atoms with E-state index in [9.17, 15) is 9.59 Å². The first kappa shape index (κ1) is 22.8. The fourth-order valence-electron chi connectivity index (χ4n) is 3.78. The molecule has 0 bridgehead atoms. The quantitative estimate of drug-likeness (QED) is 0.621. The zero-order valence-electron chi connectivity index (χ0n) is 17.0. The van der Waals surface area contributed by atoms with Crippen molar-refractivity contribution >= 4 is 29.9 Å². The monoisotopic (exact) mass is 415 g/mol. The minimum absolute atomic E-state index is 0. The highest BCUT2D eigenvalue weighted by Crippen LogP contribution is 2.31. The van der Waals surface area contributed by atoms with Gasteiger partial charge in [-0.2, -0.15) is 0 Å². The Balaban J connectivity index is 0.00000300. The van der Waals surface area contributed by atoms with Gasteiger partial charge in [0.2, 0.25) is 11.8 Å². The third kappa shape index (κ3) is 5.97. The summed E-state index contributed by atoms with van der Waals surface area (Å²) in [5, 5.41) is 6.07. The Bertz CT molecular complexity index is 839. The van der Waals surface area contributed by atoms with Gasteiger partial charge in [-0.15, -0.1) is 12.4 Å². The van der Waals surface area contributed by atoms with Crippen molar-refractivity contribution in [1.29, 1.82) is 0 Å². The molecule has 0 spiro atoms. The van der Waals surface area contributed by atoms with E-state index >= 15 is 0 Å². The third-order valence-corrected chi connectivity index (χ3v) is 5.09. The second kappa shape index (κ2) is 10.3. The molecule has 0 heterocycles. The summed E-state index contributed by atoms with van der Waals surface area (Å²) >= 11 is 0. The predicted octanol–water partition coefficient (Wildman–Crippen LogP) is 4.09. The number of fused-ring (bicyclic) bond motifs is 1. The molecular weight excluding hydrogens is 386 g/mol. The number of carbonyl (C=O) groups excluding carboxylic acids is 2. The van der Waals surface area contributed by atoms with Crippen LogP contribution in [0.3, 0.4) is 0 Å². The maximum absolute atomic E-state index is 13.2. The molecule has 0 saturated heterocycles. The molecule has 4 N–H and O–H groups in total. The first-order valence-corrected chi connectivity index (χ1v) is 9.97. The highest BCUT2D eigenvalue weighted by atomic mass is 35.5. The highest BCUT2D eigenvalue weighted by Gasteiger charge is 2.28. The lowest BCUT2D eigenvalue weighted by molar-refractivity contribution is -0.130. The Morgan fingerprint density at radius 3 is 2.55 bits per heavy atom. The van der Waals surface area contributed by atoms with E-state index in [1.165, 1.54) is 5.56 Å². The van der Waals surface area contributed by atoms with Gasteiger partial charge in [-0.3, -0.25) is 9.59 Å². The molecule has 2 aromatic rings. The van der Waals surface area contributed by atoms with Crippen LogP contribution in [0, 0.1) is 5.92 Å². The number of carbonyl (C=O) groups is 2. The Hall–Kier alpha value is -2.53. The summed E-state index contributed by atoms with van der Waals surface area (Å²) in [4.78, 5) is 25.5. The van der Waals surface area contributed by atoms with Crippen molar-refractivity contribution in [2.75, 3.05) is 5.73 Å². The Morgan fingerprint density at radius 1 is 1.14 bits per heavy atom. The summed E-state index contributed by atoms with van der Waals surface area (Å²) in [5.74, 6) is -0.0658. The first-order valence-electron chi connectivity index (χ1n) is 9.97. The van der Waals surface area contributed by atoms with Crippen molar-refractivity contribution in [2.45, 2.75) is 51.6 Å². The summed E-state index contributed by atoms with van der Waals surface area (Å²) in [6.07, 6.45) is 3.24. The van der Waals surface area contributed by atoms with Gasteiger partial charge >= 0.3 is 0 Å². The number of nitrogen functional groups attached to an aromatic ring is 1. The Kier molecular flexibility index (Phi) is 8.09. The molecule has 2 aromatic carbocycles. The lowest BCUT2D eigenvalue weighted by Crippen LogP contribution is -2.42. The third-order valence-electron chi connectivity index (χ3n) is 5.09. The number of anilines is 1. The molecule has 2 atom stereocenters. The van der Waals surface area contributed by atoms with E-state index in [1.807, 2.05) is 62.4 Å². The highest BCUT2D eigenvalue weighted by molar-refractivity contribution is 5.89. The zero-order valence-corrected chi connectivity index (χ0v) is 17.8. The van der Waals surface area contributed by atoms with Crippen LogP contribution < -0.4 is 16.4 Å². The number of aryl methyl sites for hydroxylation is 1. The number of nitrogens with two attached hydrogens (primary N) is 1. The van der Waals surface area contributed by atoms with Crippen LogP contribution in [0.1, 0.15) is 61.9 Å². The van der Waals surface area contributed by atoms with Gasteiger partial charge in [-0.05, 0) is 54.0 Å². The number of hydrogen-bond acceptors (Lipinski definition) is 3. The number of hydrogen-bond donors (Lipinski definition) is 3. The largest absolute Gasteiger partial charge is 0.399 e. The minimum atomic E-state index is -0.702. The lowest BCUT2D eigenvalue weighted by Gasteiger charge is -2.29. The van der Waals surface area contributed by atoms with E-state index in [0.717, 1.165) is 36.1 Å². The van der Waals surface area contributed by atoms with Crippen molar-refractivity contribution in [3.8, 4) is 0 Å². The van der Waals surface area contributed by atoms with E-state index in [0.29, 0.717) is 6.42 Å². The number of rotatable bonds is 6. The molecule has 2 unspecified atom stereocenters. The second-order valence-corrected chi connectivity index (χ2v) is 7.92. The number of benzene rings is 2. The van der Waals surface area contributed by atoms with Crippen molar-refractivity contribution < 1.29 is 9.59 Å². The molecule has 5 nitrogen and oxygen atoms in total. The predicted molar refractivity (Wildman–Crippen MR) is 119 cm³/mol. The lowest BCUT2D eigenvalue weighted by atomic mass is 9.87. The summed E-state index contributed by atoms with van der Waals surface area (Å²) in [6.45, 7) is 3.98. The smallest absolute Gasteiger partial charge is 0.247 e. The van der Waals surface area contributed by atoms with Crippen molar-refractivity contribution in [3.63, 3.8) is 0 Å². The molecular formula is C23H30ClN3O2. The van der Waals surface area contributed by atoms with Gasteiger partial charge in [0, 0.05) is 12.1 Å². The van der Waals surface area contributed by atoms with Crippen molar-refractivity contribution in [2.24, 2.45) is 5.92 Å². The number of amides is 2. The van der Waals surface area contributed by atoms with Crippen LogP contribution in [-0.2, 0) is 16.0 Å². The second-order valence-electron chi connectivity index (χ2n) is 7.92. The first-order chi connectivity index (χ1) is 13.4. The molecule has 2 amide bonds. The van der Waals surface area contributed by atoms with Crippen LogP contribution in [-0.4, -0.2) is 11.8 Å². The minimum Gasteiger partial charge on any atom is -0.399 e. The summed E-state index contributed by atoms with van der Waals surface area (Å²) in [7, 11) is 0. The molecule has 6 heteroatoms. The molecule has 0 saturated carbocycles. The standard InChI is InChI=1S/C23H29N3O2.ClH/c1-15(2)13-21(27)26-22(16-7-4-3-5-8-16)23(28)25-20-10-6-9-17-14-18(24)11-12-19(17)20;/h3-5,7-8,11-12,14-15,20,22H,6,9-10,13,24H2,1-2H3,(H,25,28)(H,26,27);1H. The summed E-state index contributed by atoms with van der Waals surface area (Å²) in [5.41, 5.74) is 9.75. The van der Waals surface area contributed by atoms with Crippen LogP contribution in [0.5, 0.6) is 0 Å². The topological polar surface area (TPSA) is 84.2 Å². The van der Waals surface area contributed by atoms with E-state index in [-0.39, 0.29) is 36.2 Å². The molecule has 3 rings (SSSR count). The molecule has 0 aliphatic heterocycles. The van der Waals surface area contributed by atoms with Crippen molar-refractivity contribution in [1.82, 2.24) is 10.6 Å². The van der Waals surface area contributed by atoms with Gasteiger partial charge in [0.15, 0.2) is 0 Å². The van der Waals surface area contributed by atoms with E-state index in [4.69, 9.17) is 5.73 Å². The van der Waals surface area contributed by atoms with Gasteiger partial charge < -0.3 is 16.4 Å². The van der Waals surface area contributed by atoms with E-state index in [1.54, 1.807) is 0 Å². The van der Waals surface area contributed by atoms with E-state index < -0.39 is 6.04 Å². The Labute approximate surface area is 178 Å². The van der Waals surface area contributed by atoms with Crippen LogP contribution in [0.2, 0.25) is 0 Å². The van der Waals surface area contributed by atoms with Crippen LogP contribution in [0.15, 0.2) is 48.5 Å². The molecule has 1 aliphatic carbocycles. The van der Waals surface area contributed by atoms with Gasteiger partial charge in [0.05, 0.1) is 6.04 Å². The molecule has 1 aliphatic rings. The van der Waals surface area contributed by atoms with Crippen molar-refractivity contribution in [3.05, 3.63) is 65.2 Å². The summed E-state index contributed by atoms with van der Waals surface area (Å²) in [6, 6.07) is 14.5. The SMILES string of the molecule is CC(C)CC(=O)NC(C(=O)NC1CCCc2cc(N)ccc21)c1ccccc1.Cl. The molecule has 156 valence electrons. The van der Waals surface area contributed by atoms with Crippen LogP contribution in [0.4, 0.5) is 5.69 Å². The average molecular weight is 416 g/mol. The average Bonchev–Trinajstić information content (AvgIpc) is 2.66. The molecule has 0 fully saturated rings.